The molecule has 2 rings (SSSR count). The minimum absolute atomic E-state index is 0.0165. The van der Waals surface area contributed by atoms with Gasteiger partial charge in [0.25, 0.3) is 0 Å². The monoisotopic (exact) mass is 311 g/mol. The molecule has 0 aliphatic rings. The summed E-state index contributed by atoms with van der Waals surface area (Å²) in [6, 6.07) is 7.97. The van der Waals surface area contributed by atoms with Crippen molar-refractivity contribution in [3.63, 3.8) is 0 Å². The van der Waals surface area contributed by atoms with Gasteiger partial charge in [-0.25, -0.2) is 13.6 Å². The highest BCUT2D eigenvalue weighted by Gasteiger charge is 2.13. The van der Waals surface area contributed by atoms with Crippen molar-refractivity contribution in [1.82, 2.24) is 4.98 Å². The van der Waals surface area contributed by atoms with Gasteiger partial charge < -0.3 is 5.32 Å². The normalized spacial score (nSPS) is 12.9. The molecular weight excluding hydrogens is 298 g/mol. The van der Waals surface area contributed by atoms with Crippen LogP contribution in [0.3, 0.4) is 0 Å². The Balaban J connectivity index is 2.30. The van der Waals surface area contributed by atoms with Crippen molar-refractivity contribution in [3.8, 4) is 0 Å². The molecule has 0 radical (unpaired) electrons. The van der Waals surface area contributed by atoms with Crippen LogP contribution in [0, 0.1) is 0 Å². The number of sulfonamides is 1. The molecular formula is C13H14ClN3O2S. The third kappa shape index (κ3) is 3.47. The lowest BCUT2D eigenvalue weighted by Crippen LogP contribution is -2.13. The number of nitrogens with zero attached hydrogens (tertiary/aromatic N) is 1. The maximum absolute atomic E-state index is 11.3. The molecule has 0 aliphatic carbocycles. The highest BCUT2D eigenvalue weighted by molar-refractivity contribution is 7.89. The zero-order valence-electron chi connectivity index (χ0n) is 10.7. The van der Waals surface area contributed by atoms with Gasteiger partial charge in [0.15, 0.2) is 0 Å². The van der Waals surface area contributed by atoms with E-state index in [-0.39, 0.29) is 10.9 Å². The Morgan fingerprint density at radius 2 is 2.10 bits per heavy atom. The van der Waals surface area contributed by atoms with Gasteiger partial charge >= 0.3 is 0 Å². The fourth-order valence-corrected chi connectivity index (χ4v) is 2.45. The summed E-state index contributed by atoms with van der Waals surface area (Å²) >= 11 is 6.06. The number of nitrogens with two attached hydrogens (primary N) is 1. The molecule has 0 saturated heterocycles. The molecule has 0 fully saturated rings. The standard InChI is InChI=1S/C13H14ClN3O2S/c1-9(10-3-2-6-16-8-10)17-13-7-11(20(15,18)19)4-5-12(13)14/h2-9,17H,1H3,(H2,15,18,19). The Labute approximate surface area is 122 Å². The molecule has 0 saturated carbocycles. The maximum Gasteiger partial charge on any atom is 0.238 e. The first-order chi connectivity index (χ1) is 9.38. The van der Waals surface area contributed by atoms with Crippen LogP contribution in [0.2, 0.25) is 5.02 Å². The summed E-state index contributed by atoms with van der Waals surface area (Å²) in [5.41, 5.74) is 1.47. The molecule has 7 heteroatoms. The van der Waals surface area contributed by atoms with E-state index in [1.807, 2.05) is 19.1 Å². The van der Waals surface area contributed by atoms with Crippen molar-refractivity contribution in [1.29, 1.82) is 0 Å². The quantitative estimate of drug-likeness (QED) is 0.908. The lowest BCUT2D eigenvalue weighted by Gasteiger charge is -2.17. The van der Waals surface area contributed by atoms with Gasteiger partial charge in [-0.1, -0.05) is 17.7 Å². The lowest BCUT2D eigenvalue weighted by atomic mass is 10.1. The van der Waals surface area contributed by atoms with Crippen LogP contribution in [0.4, 0.5) is 5.69 Å². The third-order valence-electron chi connectivity index (χ3n) is 2.82. The van der Waals surface area contributed by atoms with Crippen LogP contribution in [0.25, 0.3) is 0 Å². The van der Waals surface area contributed by atoms with Crippen molar-refractivity contribution in [2.24, 2.45) is 5.14 Å². The Morgan fingerprint density at radius 3 is 2.70 bits per heavy atom. The van der Waals surface area contributed by atoms with Crippen molar-refractivity contribution in [3.05, 3.63) is 53.3 Å². The van der Waals surface area contributed by atoms with E-state index >= 15 is 0 Å². The summed E-state index contributed by atoms with van der Waals surface area (Å²) in [6.07, 6.45) is 3.42. The van der Waals surface area contributed by atoms with E-state index in [4.69, 9.17) is 16.7 Å². The van der Waals surface area contributed by atoms with Gasteiger partial charge in [0.05, 0.1) is 21.6 Å². The SMILES string of the molecule is CC(Nc1cc(S(N)(=O)=O)ccc1Cl)c1cccnc1. The summed E-state index contributed by atoms with van der Waals surface area (Å²) < 4.78 is 22.7. The Kier molecular flexibility index (Phi) is 4.27. The molecule has 1 heterocycles. The summed E-state index contributed by atoms with van der Waals surface area (Å²) in [6.45, 7) is 1.93. The molecule has 2 aromatic rings. The van der Waals surface area contributed by atoms with Gasteiger partial charge in [0, 0.05) is 12.4 Å². The van der Waals surface area contributed by atoms with Crippen LogP contribution in [0.1, 0.15) is 18.5 Å². The fourth-order valence-electron chi connectivity index (χ4n) is 1.74. The van der Waals surface area contributed by atoms with E-state index < -0.39 is 10.0 Å². The fraction of sp³-hybridized carbons (Fsp3) is 0.154. The van der Waals surface area contributed by atoms with Gasteiger partial charge in [-0.05, 0) is 36.8 Å². The summed E-state index contributed by atoms with van der Waals surface area (Å²) in [5.74, 6) is 0. The van der Waals surface area contributed by atoms with Gasteiger partial charge in [0.1, 0.15) is 0 Å². The Bertz CT molecular complexity index is 705. The number of halogens is 1. The first kappa shape index (κ1) is 14.8. The summed E-state index contributed by atoms with van der Waals surface area (Å²) in [7, 11) is -3.75. The molecule has 5 nitrogen and oxygen atoms in total. The molecule has 0 aliphatic heterocycles. The second kappa shape index (κ2) is 5.78. The van der Waals surface area contributed by atoms with Crippen LogP contribution in [0.5, 0.6) is 0 Å². The third-order valence-corrected chi connectivity index (χ3v) is 4.06. The van der Waals surface area contributed by atoms with Crippen LogP contribution in [0.15, 0.2) is 47.6 Å². The number of pyridine rings is 1. The zero-order chi connectivity index (χ0) is 14.8. The van der Waals surface area contributed by atoms with Gasteiger partial charge in [0.2, 0.25) is 10.0 Å². The minimum atomic E-state index is -3.75. The average Bonchev–Trinajstić information content (AvgIpc) is 2.41. The highest BCUT2D eigenvalue weighted by Crippen LogP contribution is 2.28. The molecule has 1 unspecified atom stereocenters. The molecule has 1 atom stereocenters. The van der Waals surface area contributed by atoms with E-state index in [0.29, 0.717) is 10.7 Å². The van der Waals surface area contributed by atoms with E-state index in [2.05, 4.69) is 10.3 Å². The molecule has 0 bridgehead atoms. The van der Waals surface area contributed by atoms with Crippen molar-refractivity contribution >= 4 is 27.3 Å². The number of hydrogen-bond acceptors (Lipinski definition) is 4. The number of nitrogens with one attached hydrogen (secondary N) is 1. The first-order valence-corrected chi connectivity index (χ1v) is 7.79. The summed E-state index contributed by atoms with van der Waals surface area (Å²) in [4.78, 5) is 4.05. The van der Waals surface area contributed by atoms with Crippen molar-refractivity contribution in [2.45, 2.75) is 17.9 Å². The zero-order valence-corrected chi connectivity index (χ0v) is 12.3. The highest BCUT2D eigenvalue weighted by atomic mass is 35.5. The molecule has 1 aromatic heterocycles. The van der Waals surface area contributed by atoms with Gasteiger partial charge in [-0.15, -0.1) is 0 Å². The van der Waals surface area contributed by atoms with Crippen LogP contribution >= 0.6 is 11.6 Å². The number of benzene rings is 1. The van der Waals surface area contributed by atoms with E-state index in [9.17, 15) is 8.42 Å². The molecule has 0 spiro atoms. The molecule has 3 N–H and O–H groups in total. The predicted octanol–water partition coefficient (Wildman–Crippen LogP) is 2.56. The predicted molar refractivity (Wildman–Crippen MR) is 79.1 cm³/mol. The number of hydrogen-bond donors (Lipinski definition) is 2. The van der Waals surface area contributed by atoms with Crippen LogP contribution < -0.4 is 10.5 Å². The lowest BCUT2D eigenvalue weighted by molar-refractivity contribution is 0.598. The molecule has 1 aromatic carbocycles. The average molecular weight is 312 g/mol. The minimum Gasteiger partial charge on any atom is -0.377 e. The Morgan fingerprint density at radius 1 is 1.35 bits per heavy atom. The van der Waals surface area contributed by atoms with E-state index in [1.54, 1.807) is 12.4 Å². The molecule has 20 heavy (non-hydrogen) atoms. The Hall–Kier alpha value is -1.63. The topological polar surface area (TPSA) is 85.1 Å². The number of rotatable bonds is 4. The second-order valence-electron chi connectivity index (χ2n) is 4.34. The van der Waals surface area contributed by atoms with Crippen LogP contribution in [-0.4, -0.2) is 13.4 Å². The van der Waals surface area contributed by atoms with Gasteiger partial charge in [-0.3, -0.25) is 4.98 Å². The van der Waals surface area contributed by atoms with Crippen LogP contribution in [-0.2, 0) is 10.0 Å². The van der Waals surface area contributed by atoms with E-state index in [1.165, 1.54) is 18.2 Å². The van der Waals surface area contributed by atoms with Gasteiger partial charge in [-0.2, -0.15) is 0 Å². The van der Waals surface area contributed by atoms with Crippen molar-refractivity contribution in [2.75, 3.05) is 5.32 Å². The number of anilines is 1. The first-order valence-electron chi connectivity index (χ1n) is 5.87. The second-order valence-corrected chi connectivity index (χ2v) is 6.31. The molecule has 0 amide bonds. The summed E-state index contributed by atoms with van der Waals surface area (Å²) in [5, 5.41) is 8.68. The van der Waals surface area contributed by atoms with Crippen molar-refractivity contribution < 1.29 is 8.42 Å². The van der Waals surface area contributed by atoms with E-state index in [0.717, 1.165) is 5.56 Å². The number of primary sulfonamides is 1. The maximum atomic E-state index is 11.3. The smallest absolute Gasteiger partial charge is 0.238 e. The number of aromatic nitrogens is 1. The largest absolute Gasteiger partial charge is 0.377 e. The molecule has 106 valence electrons.